The number of benzene rings is 6. The maximum atomic E-state index is 6.71. The molecule has 0 N–H and O–H groups in total. The first kappa shape index (κ1) is 24.6. The van der Waals surface area contributed by atoms with Gasteiger partial charge in [-0.3, -0.25) is 4.98 Å². The van der Waals surface area contributed by atoms with Gasteiger partial charge in [0.15, 0.2) is 5.58 Å². The fourth-order valence-electron chi connectivity index (χ4n) is 8.58. The van der Waals surface area contributed by atoms with Crippen LogP contribution in [0.2, 0.25) is 0 Å². The summed E-state index contributed by atoms with van der Waals surface area (Å²) < 4.78 is 14.0. The van der Waals surface area contributed by atoms with Gasteiger partial charge in [-0.05, 0) is 54.6 Å². The van der Waals surface area contributed by atoms with Gasteiger partial charge in [-0.2, -0.15) is 0 Å². The van der Waals surface area contributed by atoms with E-state index < -0.39 is 0 Å². The van der Waals surface area contributed by atoms with E-state index in [0.29, 0.717) is 0 Å². The molecule has 0 aliphatic heterocycles. The van der Waals surface area contributed by atoms with Gasteiger partial charge in [0, 0.05) is 49.3 Å². The van der Waals surface area contributed by atoms with Crippen LogP contribution in [0.25, 0.3) is 104 Å². The summed E-state index contributed by atoms with van der Waals surface area (Å²) in [5.74, 6) is 0. The van der Waals surface area contributed by atoms with Crippen LogP contribution in [-0.4, -0.2) is 18.4 Å². The van der Waals surface area contributed by atoms with Crippen molar-refractivity contribution in [2.75, 3.05) is 0 Å². The molecule has 0 aliphatic carbocycles. The molecule has 222 valence electrons. The number of para-hydroxylation sites is 5. The third kappa shape index (κ3) is 2.87. The van der Waals surface area contributed by atoms with Gasteiger partial charge in [0.2, 0.25) is 0 Å². The average molecular weight is 613 g/mol. The summed E-state index contributed by atoms with van der Waals surface area (Å²) >= 11 is 0. The molecule has 0 spiro atoms. The van der Waals surface area contributed by atoms with Crippen molar-refractivity contribution in [3.8, 4) is 5.69 Å². The lowest BCUT2D eigenvalue weighted by Crippen LogP contribution is -1.97. The number of hydrogen-bond donors (Lipinski definition) is 0. The molecule has 6 heterocycles. The van der Waals surface area contributed by atoms with Crippen molar-refractivity contribution in [1.29, 1.82) is 0 Å². The van der Waals surface area contributed by atoms with Crippen LogP contribution in [-0.2, 0) is 0 Å². The highest BCUT2D eigenvalue weighted by molar-refractivity contribution is 6.27. The van der Waals surface area contributed by atoms with Crippen molar-refractivity contribution in [3.63, 3.8) is 0 Å². The second kappa shape index (κ2) is 8.60. The Kier molecular flexibility index (Phi) is 4.41. The van der Waals surface area contributed by atoms with E-state index in [9.17, 15) is 0 Å². The molecule has 0 saturated heterocycles. The van der Waals surface area contributed by atoms with Crippen LogP contribution in [0.15, 0.2) is 150 Å². The smallest absolute Gasteiger partial charge is 0.161 e. The zero-order chi connectivity index (χ0) is 31.1. The van der Waals surface area contributed by atoms with Crippen molar-refractivity contribution in [2.24, 2.45) is 0 Å². The molecule has 5 nitrogen and oxygen atoms in total. The highest BCUT2D eigenvalue weighted by Gasteiger charge is 2.23. The molecule has 0 saturated carbocycles. The molecule has 0 unspecified atom stereocenters. The Morgan fingerprint density at radius 1 is 0.417 bits per heavy atom. The van der Waals surface area contributed by atoms with Crippen LogP contribution in [0.5, 0.6) is 0 Å². The summed E-state index contributed by atoms with van der Waals surface area (Å²) in [6, 6.07) is 48.3. The van der Waals surface area contributed by atoms with E-state index in [1.165, 1.54) is 43.4 Å². The Morgan fingerprint density at radius 2 is 1.04 bits per heavy atom. The number of fused-ring (bicyclic) bond motifs is 15. The van der Waals surface area contributed by atoms with Gasteiger partial charge in [0.1, 0.15) is 11.1 Å². The van der Waals surface area contributed by atoms with Crippen LogP contribution in [0.1, 0.15) is 0 Å². The number of nitrogens with zero attached hydrogens (tertiary/aromatic N) is 4. The van der Waals surface area contributed by atoms with E-state index in [1.54, 1.807) is 0 Å². The number of aromatic nitrogens is 4. The van der Waals surface area contributed by atoms with Gasteiger partial charge in [0.05, 0.1) is 50.5 Å². The van der Waals surface area contributed by atoms with Gasteiger partial charge in [-0.25, -0.2) is 0 Å². The number of hydrogen-bond acceptors (Lipinski definition) is 2. The fraction of sp³-hybridized carbons (Fsp3) is 0. The van der Waals surface area contributed by atoms with E-state index in [0.717, 1.165) is 60.7 Å². The molecule has 6 aromatic carbocycles. The van der Waals surface area contributed by atoms with Gasteiger partial charge < -0.3 is 17.8 Å². The zero-order valence-electron chi connectivity index (χ0n) is 25.6. The minimum absolute atomic E-state index is 0.894. The normalized spacial score (nSPS) is 12.6. The zero-order valence-corrected chi connectivity index (χ0v) is 25.6. The summed E-state index contributed by atoms with van der Waals surface area (Å²) in [5.41, 5.74) is 12.0. The van der Waals surface area contributed by atoms with E-state index in [2.05, 4.69) is 146 Å². The Labute approximate surface area is 272 Å². The quantitative estimate of drug-likeness (QED) is 0.185. The Balaban J connectivity index is 1.49. The molecule has 0 radical (unpaired) electrons. The van der Waals surface area contributed by atoms with E-state index in [1.807, 2.05) is 18.5 Å². The lowest BCUT2D eigenvalue weighted by molar-refractivity contribution is 0.673. The van der Waals surface area contributed by atoms with Crippen molar-refractivity contribution >= 4 is 98.4 Å². The third-order valence-electron chi connectivity index (χ3n) is 10.4. The molecule has 0 fully saturated rings. The summed E-state index contributed by atoms with van der Waals surface area (Å²) in [7, 11) is 0. The number of furan rings is 1. The molecule has 0 bridgehead atoms. The molecule has 0 amide bonds. The third-order valence-corrected chi connectivity index (χ3v) is 10.4. The summed E-state index contributed by atoms with van der Waals surface area (Å²) in [6.07, 6.45) is 3.79. The fourth-order valence-corrected chi connectivity index (χ4v) is 8.58. The van der Waals surface area contributed by atoms with Crippen LogP contribution in [0.3, 0.4) is 0 Å². The molecule has 12 rings (SSSR count). The predicted octanol–water partition coefficient (Wildman–Crippen LogP) is 11.2. The predicted molar refractivity (Wildman–Crippen MR) is 198 cm³/mol. The number of pyridine rings is 1. The standard InChI is InChI=1S/C43H24N4O/c1-5-19-35-26(11-1)28-14-7-15-29-30-16-8-17-32-41(30)47(42-31-13-3-6-20-39(31)48-43(32)42)37-22-33-27-12-2-4-18-34(27)45(25-10-9-21-44-24-25)36(33)23-38(37)46(35)40(28)29/h1-24H. The molecule has 48 heavy (non-hydrogen) atoms. The Morgan fingerprint density at radius 3 is 1.83 bits per heavy atom. The lowest BCUT2D eigenvalue weighted by Gasteiger charge is -2.12. The maximum absolute atomic E-state index is 6.71. The summed E-state index contributed by atoms with van der Waals surface area (Å²) in [4.78, 5) is 4.52. The minimum atomic E-state index is 0.894. The van der Waals surface area contributed by atoms with Crippen LogP contribution >= 0.6 is 0 Å². The Bertz CT molecular complexity index is 3340. The van der Waals surface area contributed by atoms with Crippen LogP contribution in [0.4, 0.5) is 0 Å². The average Bonchev–Trinajstić information content (AvgIpc) is 3.87. The van der Waals surface area contributed by atoms with Crippen molar-refractivity contribution in [3.05, 3.63) is 146 Å². The van der Waals surface area contributed by atoms with Crippen molar-refractivity contribution < 1.29 is 4.42 Å². The summed E-state index contributed by atoms with van der Waals surface area (Å²) in [5, 5.41) is 9.50. The van der Waals surface area contributed by atoms with E-state index in [4.69, 9.17) is 4.42 Å². The largest absolute Gasteiger partial charge is 0.454 e. The molecular weight excluding hydrogens is 589 g/mol. The topological polar surface area (TPSA) is 39.8 Å². The van der Waals surface area contributed by atoms with Crippen LogP contribution < -0.4 is 0 Å². The molecule has 12 aromatic rings. The maximum Gasteiger partial charge on any atom is 0.161 e. The molecule has 0 atom stereocenters. The first-order chi connectivity index (χ1) is 23.8. The van der Waals surface area contributed by atoms with Crippen molar-refractivity contribution in [2.45, 2.75) is 0 Å². The highest BCUT2D eigenvalue weighted by atomic mass is 16.3. The molecule has 5 heteroatoms. The SMILES string of the molecule is c1cncc(-n2c3ccccc3c3cc4c(cc32)n2c3ccccc3c3cccc(c5cccc6c7oc8ccccc8c7n4c56)c32)c1. The van der Waals surface area contributed by atoms with Gasteiger partial charge in [-0.1, -0.05) is 78.9 Å². The van der Waals surface area contributed by atoms with Gasteiger partial charge >= 0.3 is 0 Å². The number of rotatable bonds is 1. The minimum Gasteiger partial charge on any atom is -0.454 e. The molecule has 6 aromatic heterocycles. The Hall–Kier alpha value is -6.59. The highest BCUT2D eigenvalue weighted by Crippen LogP contribution is 2.44. The second-order valence-corrected chi connectivity index (χ2v) is 12.8. The van der Waals surface area contributed by atoms with Crippen molar-refractivity contribution in [1.82, 2.24) is 18.4 Å². The van der Waals surface area contributed by atoms with E-state index >= 15 is 0 Å². The van der Waals surface area contributed by atoms with Gasteiger partial charge in [-0.15, -0.1) is 0 Å². The van der Waals surface area contributed by atoms with E-state index in [-0.39, 0.29) is 0 Å². The lowest BCUT2D eigenvalue weighted by atomic mass is 10.1. The first-order valence-corrected chi connectivity index (χ1v) is 16.3. The molecule has 0 aliphatic rings. The van der Waals surface area contributed by atoms with Crippen LogP contribution in [0, 0.1) is 0 Å². The second-order valence-electron chi connectivity index (χ2n) is 12.8. The summed E-state index contributed by atoms with van der Waals surface area (Å²) in [6.45, 7) is 0. The van der Waals surface area contributed by atoms with Gasteiger partial charge in [0.25, 0.3) is 0 Å². The first-order valence-electron chi connectivity index (χ1n) is 16.3. The monoisotopic (exact) mass is 612 g/mol. The molecular formula is C43H24N4O.